The SMILES string of the molecule is CC(C)(C#Cc1cccs1)NCc1ccccc1. The van der Waals surface area contributed by atoms with Crippen LogP contribution in [0, 0.1) is 11.8 Å². The maximum absolute atomic E-state index is 3.47. The van der Waals surface area contributed by atoms with Gasteiger partial charge >= 0.3 is 0 Å². The van der Waals surface area contributed by atoms with Gasteiger partial charge in [0.15, 0.2) is 0 Å². The summed E-state index contributed by atoms with van der Waals surface area (Å²) in [5, 5.41) is 5.52. The van der Waals surface area contributed by atoms with Crippen LogP contribution in [0.15, 0.2) is 47.8 Å². The Balaban J connectivity index is 1.95. The van der Waals surface area contributed by atoms with Crippen LogP contribution in [0.3, 0.4) is 0 Å². The third kappa shape index (κ3) is 4.03. The number of thiophene rings is 1. The van der Waals surface area contributed by atoms with Crippen LogP contribution in [0.5, 0.6) is 0 Å². The Morgan fingerprint density at radius 1 is 1.11 bits per heavy atom. The van der Waals surface area contributed by atoms with Crippen LogP contribution in [0.25, 0.3) is 0 Å². The lowest BCUT2D eigenvalue weighted by molar-refractivity contribution is 0.490. The minimum absolute atomic E-state index is 0.181. The fraction of sp³-hybridized carbons (Fsp3) is 0.250. The van der Waals surface area contributed by atoms with Gasteiger partial charge in [0, 0.05) is 6.54 Å². The first-order chi connectivity index (χ1) is 8.66. The fourth-order valence-corrected chi connectivity index (χ4v) is 2.10. The van der Waals surface area contributed by atoms with Gasteiger partial charge in [-0.2, -0.15) is 0 Å². The lowest BCUT2D eigenvalue weighted by Crippen LogP contribution is -2.37. The zero-order valence-corrected chi connectivity index (χ0v) is 11.6. The highest BCUT2D eigenvalue weighted by Crippen LogP contribution is 2.08. The van der Waals surface area contributed by atoms with Gasteiger partial charge < -0.3 is 0 Å². The molecule has 0 spiro atoms. The molecular formula is C16H17NS. The number of hydrogen-bond donors (Lipinski definition) is 1. The van der Waals surface area contributed by atoms with Crippen LogP contribution in [-0.2, 0) is 6.54 Å². The Hall–Kier alpha value is -1.56. The second-order valence-corrected chi connectivity index (χ2v) is 5.64. The molecule has 0 amide bonds. The van der Waals surface area contributed by atoms with Crippen molar-refractivity contribution >= 4 is 11.3 Å². The summed E-state index contributed by atoms with van der Waals surface area (Å²) in [5.74, 6) is 6.49. The van der Waals surface area contributed by atoms with E-state index in [0.717, 1.165) is 11.4 Å². The smallest absolute Gasteiger partial charge is 0.0769 e. The summed E-state index contributed by atoms with van der Waals surface area (Å²) < 4.78 is 0. The van der Waals surface area contributed by atoms with Gasteiger partial charge in [0.1, 0.15) is 0 Å². The van der Waals surface area contributed by atoms with E-state index in [4.69, 9.17) is 0 Å². The molecule has 0 fully saturated rings. The number of hydrogen-bond acceptors (Lipinski definition) is 2. The molecular weight excluding hydrogens is 238 g/mol. The van der Waals surface area contributed by atoms with E-state index in [9.17, 15) is 0 Å². The van der Waals surface area contributed by atoms with Gasteiger partial charge in [0.25, 0.3) is 0 Å². The van der Waals surface area contributed by atoms with Gasteiger partial charge in [0.05, 0.1) is 10.4 Å². The minimum atomic E-state index is -0.181. The molecule has 1 heterocycles. The molecule has 0 aliphatic heterocycles. The van der Waals surface area contributed by atoms with E-state index in [0.29, 0.717) is 0 Å². The Morgan fingerprint density at radius 2 is 1.89 bits per heavy atom. The molecule has 0 saturated carbocycles. The van der Waals surface area contributed by atoms with Crippen LogP contribution in [0.2, 0.25) is 0 Å². The van der Waals surface area contributed by atoms with Crippen molar-refractivity contribution in [1.82, 2.24) is 5.32 Å². The number of benzene rings is 1. The van der Waals surface area contributed by atoms with Gasteiger partial charge in [-0.05, 0) is 30.9 Å². The second-order valence-electron chi connectivity index (χ2n) is 4.69. The monoisotopic (exact) mass is 255 g/mol. The van der Waals surface area contributed by atoms with Crippen molar-refractivity contribution in [2.75, 3.05) is 0 Å². The first-order valence-electron chi connectivity index (χ1n) is 6.01. The van der Waals surface area contributed by atoms with Gasteiger partial charge in [-0.1, -0.05) is 48.2 Å². The number of rotatable bonds is 3. The lowest BCUT2D eigenvalue weighted by atomic mass is 10.1. The zero-order chi connectivity index (χ0) is 12.8. The molecule has 1 N–H and O–H groups in total. The molecule has 0 bridgehead atoms. The minimum Gasteiger partial charge on any atom is -0.297 e. The predicted molar refractivity (Wildman–Crippen MR) is 78.6 cm³/mol. The molecule has 1 nitrogen and oxygen atoms in total. The first kappa shape index (κ1) is 12.9. The molecule has 0 atom stereocenters. The number of nitrogens with one attached hydrogen (secondary N) is 1. The van der Waals surface area contributed by atoms with Crippen LogP contribution in [-0.4, -0.2) is 5.54 Å². The standard InChI is InChI=1S/C16H17NS/c1-16(2,11-10-15-9-6-12-18-15)17-13-14-7-4-3-5-8-14/h3-9,12,17H,13H2,1-2H3. The topological polar surface area (TPSA) is 12.0 Å². The van der Waals surface area contributed by atoms with Crippen LogP contribution in [0.1, 0.15) is 24.3 Å². The second kappa shape index (κ2) is 5.86. The molecule has 0 saturated heterocycles. The van der Waals surface area contributed by atoms with Gasteiger partial charge in [-0.25, -0.2) is 0 Å². The maximum atomic E-state index is 3.47. The molecule has 0 unspecified atom stereocenters. The molecule has 2 aromatic rings. The highest BCUT2D eigenvalue weighted by Gasteiger charge is 2.12. The van der Waals surface area contributed by atoms with Crippen molar-refractivity contribution in [2.24, 2.45) is 0 Å². The quantitative estimate of drug-likeness (QED) is 0.825. The van der Waals surface area contributed by atoms with E-state index in [1.807, 2.05) is 18.2 Å². The summed E-state index contributed by atoms with van der Waals surface area (Å²) in [6.07, 6.45) is 0. The van der Waals surface area contributed by atoms with Crippen molar-refractivity contribution in [1.29, 1.82) is 0 Å². The van der Waals surface area contributed by atoms with Gasteiger partial charge in [0.2, 0.25) is 0 Å². The molecule has 0 aliphatic rings. The average molecular weight is 255 g/mol. The van der Waals surface area contributed by atoms with Crippen LogP contribution < -0.4 is 5.32 Å². The van der Waals surface area contributed by atoms with E-state index in [2.05, 4.69) is 60.7 Å². The van der Waals surface area contributed by atoms with E-state index >= 15 is 0 Å². The average Bonchev–Trinajstić information content (AvgIpc) is 2.89. The molecule has 2 heteroatoms. The van der Waals surface area contributed by atoms with E-state index < -0.39 is 0 Å². The molecule has 0 aliphatic carbocycles. The third-order valence-corrected chi connectivity index (χ3v) is 3.38. The van der Waals surface area contributed by atoms with Crippen molar-refractivity contribution in [2.45, 2.75) is 25.9 Å². The highest BCUT2D eigenvalue weighted by atomic mass is 32.1. The van der Waals surface area contributed by atoms with Gasteiger partial charge in [-0.15, -0.1) is 11.3 Å². The summed E-state index contributed by atoms with van der Waals surface area (Å²) in [4.78, 5) is 1.12. The highest BCUT2D eigenvalue weighted by molar-refractivity contribution is 7.10. The molecule has 92 valence electrons. The fourth-order valence-electron chi connectivity index (χ4n) is 1.53. The van der Waals surface area contributed by atoms with Crippen molar-refractivity contribution in [3.8, 4) is 11.8 Å². The van der Waals surface area contributed by atoms with Crippen molar-refractivity contribution < 1.29 is 0 Å². The Labute approximate surface area is 113 Å². The van der Waals surface area contributed by atoms with Crippen LogP contribution >= 0.6 is 11.3 Å². The summed E-state index contributed by atoms with van der Waals surface area (Å²) in [7, 11) is 0. The molecule has 2 rings (SSSR count). The Morgan fingerprint density at radius 3 is 2.56 bits per heavy atom. The van der Waals surface area contributed by atoms with Gasteiger partial charge in [-0.3, -0.25) is 5.32 Å². The summed E-state index contributed by atoms with van der Waals surface area (Å²) in [6.45, 7) is 5.06. The zero-order valence-electron chi connectivity index (χ0n) is 10.7. The normalized spacial score (nSPS) is 10.8. The largest absolute Gasteiger partial charge is 0.297 e. The summed E-state index contributed by atoms with van der Waals surface area (Å²) in [6, 6.07) is 14.5. The summed E-state index contributed by atoms with van der Waals surface area (Å²) in [5.41, 5.74) is 1.10. The summed E-state index contributed by atoms with van der Waals surface area (Å²) >= 11 is 1.68. The van der Waals surface area contributed by atoms with Crippen molar-refractivity contribution in [3.05, 3.63) is 58.3 Å². The molecule has 1 aromatic carbocycles. The maximum Gasteiger partial charge on any atom is 0.0769 e. The third-order valence-electron chi connectivity index (χ3n) is 2.60. The van der Waals surface area contributed by atoms with E-state index in [1.54, 1.807) is 11.3 Å². The molecule has 0 radical (unpaired) electrons. The van der Waals surface area contributed by atoms with Crippen LogP contribution in [0.4, 0.5) is 0 Å². The Kier molecular flexibility index (Phi) is 4.19. The Bertz CT molecular complexity index is 529. The first-order valence-corrected chi connectivity index (χ1v) is 6.89. The molecule has 18 heavy (non-hydrogen) atoms. The molecule has 1 aromatic heterocycles. The van der Waals surface area contributed by atoms with E-state index in [1.165, 1.54) is 5.56 Å². The lowest BCUT2D eigenvalue weighted by Gasteiger charge is -2.19. The van der Waals surface area contributed by atoms with Crippen molar-refractivity contribution in [3.63, 3.8) is 0 Å². The van der Waals surface area contributed by atoms with E-state index in [-0.39, 0.29) is 5.54 Å². The predicted octanol–water partition coefficient (Wildman–Crippen LogP) is 3.67.